The van der Waals surface area contributed by atoms with E-state index in [1.165, 1.54) is 0 Å². The number of benzene rings is 1. The largest absolute Gasteiger partial charge is 0.383 e. The number of aromatic nitrogens is 2. The Bertz CT molecular complexity index is 1220. The van der Waals surface area contributed by atoms with Crippen molar-refractivity contribution in [1.82, 2.24) is 9.97 Å². The summed E-state index contributed by atoms with van der Waals surface area (Å²) in [5.41, 5.74) is 9.60. The highest BCUT2D eigenvalue weighted by Crippen LogP contribution is 2.41. The van der Waals surface area contributed by atoms with Crippen LogP contribution >= 0.6 is 0 Å². The van der Waals surface area contributed by atoms with Crippen molar-refractivity contribution in [3.05, 3.63) is 47.7 Å². The molecule has 142 valence electrons. The lowest BCUT2D eigenvalue weighted by Crippen LogP contribution is -2.15. The molecule has 1 amide bonds. The number of aryl methyl sites for hydroxylation is 1. The molecule has 1 aromatic carbocycles. The van der Waals surface area contributed by atoms with E-state index >= 15 is 0 Å². The van der Waals surface area contributed by atoms with Gasteiger partial charge in [-0.05, 0) is 54.5 Å². The van der Waals surface area contributed by atoms with E-state index in [4.69, 9.17) is 17.4 Å². The molecule has 2 heterocycles. The van der Waals surface area contributed by atoms with Gasteiger partial charge in [0.05, 0.1) is 11.8 Å². The number of carbonyl (C=O) groups excluding carboxylic acids is 1. The zero-order valence-corrected chi connectivity index (χ0v) is 15.9. The van der Waals surface area contributed by atoms with Crippen LogP contribution in [0.15, 0.2) is 36.5 Å². The molecule has 0 aliphatic heterocycles. The van der Waals surface area contributed by atoms with E-state index in [9.17, 15) is 4.79 Å². The normalized spacial score (nSPS) is 17.3. The summed E-state index contributed by atoms with van der Waals surface area (Å²) in [7, 11) is 0. The van der Waals surface area contributed by atoms with Crippen molar-refractivity contribution in [3.8, 4) is 29.7 Å². The summed E-state index contributed by atoms with van der Waals surface area (Å²) >= 11 is 0. The van der Waals surface area contributed by atoms with E-state index in [0.717, 1.165) is 28.5 Å². The molecule has 1 aliphatic carbocycles. The Morgan fingerprint density at radius 3 is 2.97 bits per heavy atom. The molecular formula is C23H19N5O. The van der Waals surface area contributed by atoms with Crippen LogP contribution in [0.25, 0.3) is 22.0 Å². The lowest BCUT2D eigenvalue weighted by molar-refractivity contribution is -0.117. The quantitative estimate of drug-likeness (QED) is 0.671. The van der Waals surface area contributed by atoms with Gasteiger partial charge in [0, 0.05) is 35.0 Å². The Balaban J connectivity index is 1.67. The standard InChI is InChI=1S/C23H19N5O/c1-3-14-5-4-13(2)17(8-14)20-10-16-11-21(26-12-19(16)22(25)27-20)28-23(29)18-9-15(18)6-7-24/h1,4-5,8,10-12,15,18H,6,9H2,2H3,(H2,25,27)(H,26,28,29)/t15-,18-/m0/s1. The second kappa shape index (κ2) is 7.26. The number of nitrogens with zero attached hydrogens (tertiary/aromatic N) is 3. The van der Waals surface area contributed by atoms with E-state index in [-0.39, 0.29) is 17.7 Å². The molecule has 1 saturated carbocycles. The van der Waals surface area contributed by atoms with Gasteiger partial charge in [-0.3, -0.25) is 4.79 Å². The molecule has 0 radical (unpaired) electrons. The first-order chi connectivity index (χ1) is 14.0. The Labute approximate surface area is 168 Å². The van der Waals surface area contributed by atoms with Crippen molar-refractivity contribution in [2.45, 2.75) is 19.8 Å². The fourth-order valence-electron chi connectivity index (χ4n) is 3.50. The molecule has 0 saturated heterocycles. The number of hydrogen-bond donors (Lipinski definition) is 2. The first-order valence-corrected chi connectivity index (χ1v) is 9.32. The summed E-state index contributed by atoms with van der Waals surface area (Å²) in [6.07, 6.45) is 8.30. The predicted octanol–water partition coefficient (Wildman–Crippen LogP) is 3.66. The minimum absolute atomic E-state index is 0.100. The van der Waals surface area contributed by atoms with Gasteiger partial charge in [-0.25, -0.2) is 9.97 Å². The number of nitrogens with one attached hydrogen (secondary N) is 1. The average Bonchev–Trinajstić information content (AvgIpc) is 3.48. The zero-order chi connectivity index (χ0) is 20.5. The number of anilines is 2. The van der Waals surface area contributed by atoms with Crippen molar-refractivity contribution in [2.24, 2.45) is 11.8 Å². The summed E-state index contributed by atoms with van der Waals surface area (Å²) in [5, 5.41) is 13.1. The van der Waals surface area contributed by atoms with Crippen LogP contribution in [-0.2, 0) is 4.79 Å². The zero-order valence-electron chi connectivity index (χ0n) is 15.9. The molecule has 2 aromatic heterocycles. The van der Waals surface area contributed by atoms with Crippen LogP contribution in [0.5, 0.6) is 0 Å². The lowest BCUT2D eigenvalue weighted by Gasteiger charge is -2.11. The molecular weight excluding hydrogens is 362 g/mol. The van der Waals surface area contributed by atoms with Gasteiger partial charge in [-0.1, -0.05) is 12.0 Å². The second-order valence-corrected chi connectivity index (χ2v) is 7.31. The Morgan fingerprint density at radius 2 is 2.21 bits per heavy atom. The fourth-order valence-corrected chi connectivity index (χ4v) is 3.50. The molecule has 3 N–H and O–H groups in total. The highest BCUT2D eigenvalue weighted by molar-refractivity contribution is 5.98. The molecule has 2 atom stereocenters. The molecule has 0 unspecified atom stereocenters. The number of nitrogen functional groups attached to an aromatic ring is 1. The van der Waals surface area contributed by atoms with Crippen LogP contribution in [0, 0.1) is 42.4 Å². The lowest BCUT2D eigenvalue weighted by atomic mass is 10.0. The van der Waals surface area contributed by atoms with E-state index < -0.39 is 0 Å². The predicted molar refractivity (Wildman–Crippen MR) is 113 cm³/mol. The summed E-state index contributed by atoms with van der Waals surface area (Å²) in [6, 6.07) is 11.6. The number of carbonyl (C=O) groups is 1. The molecule has 1 fully saturated rings. The van der Waals surface area contributed by atoms with Gasteiger partial charge < -0.3 is 11.1 Å². The molecule has 29 heavy (non-hydrogen) atoms. The molecule has 6 nitrogen and oxygen atoms in total. The van der Waals surface area contributed by atoms with Gasteiger partial charge in [0.1, 0.15) is 11.6 Å². The Hall–Kier alpha value is -3.90. The van der Waals surface area contributed by atoms with E-state index in [2.05, 4.69) is 27.3 Å². The summed E-state index contributed by atoms with van der Waals surface area (Å²) in [5.74, 6) is 3.40. The van der Waals surface area contributed by atoms with Crippen molar-refractivity contribution < 1.29 is 4.79 Å². The number of terminal acetylenes is 1. The highest BCUT2D eigenvalue weighted by Gasteiger charge is 2.42. The number of amides is 1. The number of nitriles is 1. The minimum atomic E-state index is -0.112. The van der Waals surface area contributed by atoms with E-state index in [1.54, 1.807) is 12.3 Å². The van der Waals surface area contributed by atoms with Gasteiger partial charge in [0.2, 0.25) is 5.91 Å². The van der Waals surface area contributed by atoms with Crippen molar-refractivity contribution >= 4 is 28.3 Å². The van der Waals surface area contributed by atoms with Gasteiger partial charge in [0.25, 0.3) is 0 Å². The first-order valence-electron chi connectivity index (χ1n) is 9.32. The number of rotatable bonds is 4. The molecule has 3 aromatic rings. The topological polar surface area (TPSA) is 105 Å². The highest BCUT2D eigenvalue weighted by atomic mass is 16.2. The first kappa shape index (κ1) is 18.5. The van der Waals surface area contributed by atoms with Crippen LogP contribution in [-0.4, -0.2) is 15.9 Å². The smallest absolute Gasteiger partial charge is 0.228 e. The molecule has 6 heteroatoms. The maximum atomic E-state index is 12.4. The van der Waals surface area contributed by atoms with Gasteiger partial charge in [-0.15, -0.1) is 6.42 Å². The summed E-state index contributed by atoms with van der Waals surface area (Å²) in [4.78, 5) is 21.2. The van der Waals surface area contributed by atoms with Crippen LogP contribution < -0.4 is 11.1 Å². The number of pyridine rings is 2. The maximum Gasteiger partial charge on any atom is 0.228 e. The Morgan fingerprint density at radius 1 is 1.38 bits per heavy atom. The van der Waals surface area contributed by atoms with Crippen molar-refractivity contribution in [1.29, 1.82) is 5.26 Å². The third kappa shape index (κ3) is 3.61. The molecule has 0 spiro atoms. The number of nitrogens with two attached hydrogens (primary N) is 1. The Kier molecular flexibility index (Phi) is 4.62. The van der Waals surface area contributed by atoms with E-state index in [1.807, 2.05) is 31.2 Å². The van der Waals surface area contributed by atoms with E-state index in [0.29, 0.717) is 29.1 Å². The van der Waals surface area contributed by atoms with Crippen molar-refractivity contribution in [2.75, 3.05) is 11.1 Å². The molecule has 0 bridgehead atoms. The fraction of sp³-hybridized carbons (Fsp3) is 0.217. The van der Waals surface area contributed by atoms with Crippen LogP contribution in [0.4, 0.5) is 11.6 Å². The summed E-state index contributed by atoms with van der Waals surface area (Å²) in [6.45, 7) is 1.99. The maximum absolute atomic E-state index is 12.4. The monoisotopic (exact) mass is 381 g/mol. The summed E-state index contributed by atoms with van der Waals surface area (Å²) < 4.78 is 0. The minimum Gasteiger partial charge on any atom is -0.383 e. The van der Waals surface area contributed by atoms with Gasteiger partial charge >= 0.3 is 0 Å². The van der Waals surface area contributed by atoms with Gasteiger partial charge in [0.15, 0.2) is 0 Å². The van der Waals surface area contributed by atoms with Crippen LogP contribution in [0.3, 0.4) is 0 Å². The average molecular weight is 381 g/mol. The third-order valence-electron chi connectivity index (χ3n) is 5.29. The van der Waals surface area contributed by atoms with Gasteiger partial charge in [-0.2, -0.15) is 5.26 Å². The van der Waals surface area contributed by atoms with Crippen LogP contribution in [0.1, 0.15) is 24.0 Å². The molecule has 4 rings (SSSR count). The van der Waals surface area contributed by atoms with Crippen molar-refractivity contribution in [3.63, 3.8) is 0 Å². The van der Waals surface area contributed by atoms with Crippen LogP contribution in [0.2, 0.25) is 0 Å². The second-order valence-electron chi connectivity index (χ2n) is 7.31. The SMILES string of the molecule is C#Cc1ccc(C)c(-c2cc3cc(NC(=O)[C@H]4C[C@@H]4CC#N)ncc3c(N)n2)c1. The third-order valence-corrected chi connectivity index (χ3v) is 5.29. The number of fused-ring (bicyclic) bond motifs is 1. The molecule has 1 aliphatic rings. The number of hydrogen-bond acceptors (Lipinski definition) is 5.